The Kier molecular flexibility index (Phi) is 26.8. The second kappa shape index (κ2) is 28.6. The minimum absolute atomic E-state index is 0.0353. The predicted octanol–water partition coefficient (Wildman–Crippen LogP) is 12.5. The Bertz CT molecular complexity index is 638. The number of unbranched alkanes of at least 4 members (excludes halogenated alkanes) is 15. The molecule has 2 unspecified atom stereocenters. The summed E-state index contributed by atoms with van der Waals surface area (Å²) in [5, 5.41) is 0. The molecule has 0 radical (unpaired) electrons. The Balaban J connectivity index is 2.23. The Morgan fingerprint density at radius 3 is 1.65 bits per heavy atom. The highest BCUT2D eigenvalue weighted by atomic mass is 16.5. The third-order valence-corrected chi connectivity index (χ3v) is 10.2. The largest absolute Gasteiger partial charge is 0.465 e. The molecule has 1 heterocycles. The zero-order valence-electron chi connectivity index (χ0n) is 29.9. The summed E-state index contributed by atoms with van der Waals surface area (Å²) in [4.78, 5) is 14.8. The van der Waals surface area contributed by atoms with E-state index in [9.17, 15) is 4.79 Å². The van der Waals surface area contributed by atoms with Crippen molar-refractivity contribution in [3.8, 4) is 0 Å². The molecular formula is C40H77NO2. The van der Waals surface area contributed by atoms with Gasteiger partial charge < -0.3 is 9.64 Å². The van der Waals surface area contributed by atoms with Crippen LogP contribution in [0.3, 0.4) is 0 Å². The summed E-state index contributed by atoms with van der Waals surface area (Å²) in [6.07, 6.45) is 34.7. The molecule has 1 aliphatic heterocycles. The molecule has 0 N–H and O–H groups in total. The van der Waals surface area contributed by atoms with Gasteiger partial charge in [0.15, 0.2) is 0 Å². The van der Waals surface area contributed by atoms with Crippen molar-refractivity contribution in [2.75, 3.05) is 26.7 Å². The monoisotopic (exact) mass is 604 g/mol. The molecule has 0 amide bonds. The summed E-state index contributed by atoms with van der Waals surface area (Å²) >= 11 is 0. The zero-order valence-corrected chi connectivity index (χ0v) is 29.9. The van der Waals surface area contributed by atoms with Crippen LogP contribution in [-0.2, 0) is 9.53 Å². The summed E-state index contributed by atoms with van der Waals surface area (Å²) < 4.78 is 5.73. The third kappa shape index (κ3) is 23.2. The molecule has 2 atom stereocenters. The van der Waals surface area contributed by atoms with E-state index in [0.29, 0.717) is 18.9 Å². The van der Waals surface area contributed by atoms with Crippen molar-refractivity contribution < 1.29 is 9.53 Å². The van der Waals surface area contributed by atoms with Gasteiger partial charge >= 0.3 is 5.97 Å². The first-order valence-corrected chi connectivity index (χ1v) is 19.5. The maximum atomic E-state index is 12.4. The van der Waals surface area contributed by atoms with Gasteiger partial charge in [0.1, 0.15) is 0 Å². The predicted molar refractivity (Wildman–Crippen MR) is 190 cm³/mol. The molecule has 1 saturated heterocycles. The first-order chi connectivity index (χ1) is 21.0. The van der Waals surface area contributed by atoms with Gasteiger partial charge in [0.25, 0.3) is 0 Å². The molecule has 0 aromatic rings. The van der Waals surface area contributed by atoms with Gasteiger partial charge in [0.05, 0.1) is 6.61 Å². The normalized spacial score (nSPS) is 15.9. The number of likely N-dealkylation sites (tertiary alicyclic amines) is 1. The lowest BCUT2D eigenvalue weighted by molar-refractivity contribution is -0.145. The first-order valence-electron chi connectivity index (χ1n) is 19.5. The van der Waals surface area contributed by atoms with Gasteiger partial charge in [-0.25, -0.2) is 0 Å². The van der Waals surface area contributed by atoms with Crippen LogP contribution in [0.25, 0.3) is 0 Å². The van der Waals surface area contributed by atoms with Crippen LogP contribution in [0.5, 0.6) is 0 Å². The summed E-state index contributed by atoms with van der Waals surface area (Å²) in [7, 11) is 2.26. The van der Waals surface area contributed by atoms with Crippen molar-refractivity contribution in [3.05, 3.63) is 12.2 Å². The number of ether oxygens (including phenoxy) is 1. The molecule has 0 saturated carbocycles. The van der Waals surface area contributed by atoms with Gasteiger partial charge in [0.2, 0.25) is 0 Å². The van der Waals surface area contributed by atoms with Crippen LogP contribution in [0.2, 0.25) is 0 Å². The molecule has 3 heteroatoms. The Labute approximate surface area is 270 Å². The number of rotatable bonds is 30. The number of nitrogens with zero attached hydrogens (tertiary/aromatic N) is 1. The summed E-state index contributed by atoms with van der Waals surface area (Å²) in [5.41, 5.74) is 1.56. The van der Waals surface area contributed by atoms with Crippen molar-refractivity contribution in [3.63, 3.8) is 0 Å². The maximum absolute atomic E-state index is 12.4. The summed E-state index contributed by atoms with van der Waals surface area (Å²) in [6.45, 7) is 14.6. The molecule has 1 fully saturated rings. The Morgan fingerprint density at radius 1 is 0.651 bits per heavy atom. The summed E-state index contributed by atoms with van der Waals surface area (Å²) in [5.74, 6) is 2.20. The van der Waals surface area contributed by atoms with Crippen LogP contribution in [0.4, 0.5) is 0 Å². The first kappa shape index (κ1) is 40.2. The molecule has 254 valence electrons. The average molecular weight is 604 g/mol. The minimum atomic E-state index is 0.0353. The maximum Gasteiger partial charge on any atom is 0.305 e. The van der Waals surface area contributed by atoms with Crippen LogP contribution in [0.15, 0.2) is 12.2 Å². The van der Waals surface area contributed by atoms with E-state index in [4.69, 9.17) is 4.74 Å². The SMILES string of the molecule is C=C(CC(CCCCCCCCC)CCCCCCCCC(=O)OCC(CCCC)CCCCCC)C1CCN(C)CC1. The highest BCUT2D eigenvalue weighted by molar-refractivity contribution is 5.69. The molecule has 0 aromatic heterocycles. The molecule has 1 aliphatic rings. The van der Waals surface area contributed by atoms with Gasteiger partial charge in [-0.15, -0.1) is 0 Å². The number of piperidine rings is 1. The standard InChI is InChI=1S/C40H77NO2/c1-6-9-12-14-15-18-22-26-37(34-36(4)39-30-32-41(5)33-31-39)27-23-19-16-17-20-24-29-40(42)43-35-38(25-11-8-3)28-21-13-10-7-2/h37-39H,4,6-35H2,1-3,5H3. The van der Waals surface area contributed by atoms with Gasteiger partial charge in [-0.3, -0.25) is 4.79 Å². The zero-order chi connectivity index (χ0) is 31.4. The molecule has 0 bridgehead atoms. The van der Waals surface area contributed by atoms with E-state index in [1.165, 1.54) is 174 Å². The van der Waals surface area contributed by atoms with E-state index in [0.717, 1.165) is 18.3 Å². The molecular weight excluding hydrogens is 526 g/mol. The highest BCUT2D eigenvalue weighted by Crippen LogP contribution is 2.32. The number of carbonyl (C=O) groups is 1. The smallest absolute Gasteiger partial charge is 0.305 e. The van der Waals surface area contributed by atoms with E-state index in [1.54, 1.807) is 5.57 Å². The lowest BCUT2D eigenvalue weighted by Gasteiger charge is -2.31. The average Bonchev–Trinajstić information content (AvgIpc) is 3.01. The van der Waals surface area contributed by atoms with E-state index < -0.39 is 0 Å². The van der Waals surface area contributed by atoms with Crippen LogP contribution < -0.4 is 0 Å². The van der Waals surface area contributed by atoms with E-state index >= 15 is 0 Å². The van der Waals surface area contributed by atoms with Crippen LogP contribution >= 0.6 is 0 Å². The van der Waals surface area contributed by atoms with Gasteiger partial charge in [-0.05, 0) is 76.4 Å². The number of hydrogen-bond donors (Lipinski definition) is 0. The van der Waals surface area contributed by atoms with E-state index in [2.05, 4.69) is 39.3 Å². The van der Waals surface area contributed by atoms with Crippen molar-refractivity contribution in [1.29, 1.82) is 0 Å². The fourth-order valence-corrected chi connectivity index (χ4v) is 7.05. The number of carbonyl (C=O) groups excluding carboxylic acids is 1. The fraction of sp³-hybridized carbons (Fsp3) is 0.925. The van der Waals surface area contributed by atoms with Crippen LogP contribution in [0, 0.1) is 17.8 Å². The molecule has 43 heavy (non-hydrogen) atoms. The van der Waals surface area contributed by atoms with Crippen molar-refractivity contribution >= 4 is 5.97 Å². The molecule has 0 spiro atoms. The molecule has 1 rings (SSSR count). The lowest BCUT2D eigenvalue weighted by atomic mass is 9.81. The third-order valence-electron chi connectivity index (χ3n) is 10.2. The topological polar surface area (TPSA) is 29.5 Å². The Morgan fingerprint density at radius 2 is 1.09 bits per heavy atom. The number of esters is 1. The molecule has 0 aromatic carbocycles. The number of hydrogen-bond acceptors (Lipinski definition) is 3. The number of allylic oxidation sites excluding steroid dienone is 1. The second-order valence-electron chi connectivity index (χ2n) is 14.4. The molecule has 3 nitrogen and oxygen atoms in total. The van der Waals surface area contributed by atoms with Gasteiger partial charge in [-0.2, -0.15) is 0 Å². The lowest BCUT2D eigenvalue weighted by Crippen LogP contribution is -2.31. The molecule has 0 aliphatic carbocycles. The van der Waals surface area contributed by atoms with E-state index in [-0.39, 0.29) is 5.97 Å². The summed E-state index contributed by atoms with van der Waals surface area (Å²) in [6, 6.07) is 0. The Hall–Kier alpha value is -0.830. The highest BCUT2D eigenvalue weighted by Gasteiger charge is 2.21. The van der Waals surface area contributed by atoms with Crippen LogP contribution in [-0.4, -0.2) is 37.6 Å². The minimum Gasteiger partial charge on any atom is -0.465 e. The van der Waals surface area contributed by atoms with Gasteiger partial charge in [-0.1, -0.05) is 161 Å². The van der Waals surface area contributed by atoms with Crippen LogP contribution in [0.1, 0.15) is 194 Å². The van der Waals surface area contributed by atoms with Crippen molar-refractivity contribution in [2.45, 2.75) is 194 Å². The van der Waals surface area contributed by atoms with Gasteiger partial charge in [0, 0.05) is 6.42 Å². The second-order valence-corrected chi connectivity index (χ2v) is 14.4. The quantitative estimate of drug-likeness (QED) is 0.0464. The van der Waals surface area contributed by atoms with E-state index in [1.807, 2.05) is 0 Å². The van der Waals surface area contributed by atoms with Crippen molar-refractivity contribution in [2.24, 2.45) is 17.8 Å². The van der Waals surface area contributed by atoms with Crippen molar-refractivity contribution in [1.82, 2.24) is 4.90 Å². The fourth-order valence-electron chi connectivity index (χ4n) is 7.05.